The van der Waals surface area contributed by atoms with Crippen molar-refractivity contribution in [3.8, 4) is 0 Å². The van der Waals surface area contributed by atoms with E-state index in [1.165, 1.54) is 12.8 Å². The monoisotopic (exact) mass is 357 g/mol. The van der Waals surface area contributed by atoms with E-state index in [2.05, 4.69) is 4.72 Å². The average molecular weight is 357 g/mol. The summed E-state index contributed by atoms with van der Waals surface area (Å²) in [7, 11) is -3.21. The number of sulfonamides is 1. The number of hydrogen-bond acceptors (Lipinski definition) is 4. The standard InChI is InChI=1S/C16H27N3O4S/c1-24(22,23)17-13-6-8-18(9-7-13)16(21)12-10-15(20)19(11-12)14-4-2-3-5-14/h12-14,17H,2-11H2,1H3/t12-/m0/s1. The molecule has 0 bridgehead atoms. The summed E-state index contributed by atoms with van der Waals surface area (Å²) in [5, 5.41) is 0. The van der Waals surface area contributed by atoms with Gasteiger partial charge >= 0.3 is 0 Å². The first kappa shape index (κ1) is 17.7. The van der Waals surface area contributed by atoms with Crippen molar-refractivity contribution >= 4 is 21.8 Å². The highest BCUT2D eigenvalue weighted by Crippen LogP contribution is 2.30. The smallest absolute Gasteiger partial charge is 0.227 e. The Kier molecular flexibility index (Phi) is 5.15. The molecule has 1 aliphatic carbocycles. The molecule has 2 amide bonds. The molecule has 136 valence electrons. The van der Waals surface area contributed by atoms with Crippen LogP contribution >= 0.6 is 0 Å². The van der Waals surface area contributed by atoms with Gasteiger partial charge in [-0.2, -0.15) is 0 Å². The fraction of sp³-hybridized carbons (Fsp3) is 0.875. The van der Waals surface area contributed by atoms with Crippen LogP contribution in [0.2, 0.25) is 0 Å². The van der Waals surface area contributed by atoms with Crippen LogP contribution in [-0.2, 0) is 19.6 Å². The molecule has 1 atom stereocenters. The molecule has 0 aromatic rings. The molecule has 1 saturated carbocycles. The molecule has 0 unspecified atom stereocenters. The minimum atomic E-state index is -3.21. The molecule has 3 rings (SSSR count). The van der Waals surface area contributed by atoms with Gasteiger partial charge in [0.05, 0.1) is 12.2 Å². The van der Waals surface area contributed by atoms with Gasteiger partial charge in [0, 0.05) is 38.1 Å². The number of carbonyl (C=O) groups excluding carboxylic acids is 2. The number of hydrogen-bond donors (Lipinski definition) is 1. The second-order valence-electron chi connectivity index (χ2n) is 7.38. The molecule has 8 heteroatoms. The minimum Gasteiger partial charge on any atom is -0.342 e. The Morgan fingerprint density at radius 2 is 1.75 bits per heavy atom. The molecule has 3 fully saturated rings. The molecule has 0 spiro atoms. The zero-order valence-corrected chi connectivity index (χ0v) is 15.1. The lowest BCUT2D eigenvalue weighted by atomic mass is 10.0. The predicted molar refractivity (Wildman–Crippen MR) is 89.7 cm³/mol. The molecule has 1 N–H and O–H groups in total. The van der Waals surface area contributed by atoms with E-state index in [0.717, 1.165) is 19.1 Å². The van der Waals surface area contributed by atoms with Crippen LogP contribution in [-0.4, -0.2) is 68.0 Å². The lowest BCUT2D eigenvalue weighted by Crippen LogP contribution is -2.48. The summed E-state index contributed by atoms with van der Waals surface area (Å²) in [4.78, 5) is 28.7. The van der Waals surface area contributed by atoms with Gasteiger partial charge in [-0.25, -0.2) is 13.1 Å². The predicted octanol–water partition coefficient (Wildman–Crippen LogP) is 0.318. The number of piperidine rings is 1. The maximum atomic E-state index is 12.7. The molecule has 7 nitrogen and oxygen atoms in total. The van der Waals surface area contributed by atoms with E-state index in [9.17, 15) is 18.0 Å². The molecule has 0 radical (unpaired) electrons. The molecular weight excluding hydrogens is 330 g/mol. The highest BCUT2D eigenvalue weighted by molar-refractivity contribution is 7.88. The van der Waals surface area contributed by atoms with Crippen molar-refractivity contribution in [3.05, 3.63) is 0 Å². The lowest BCUT2D eigenvalue weighted by Gasteiger charge is -2.33. The van der Waals surface area contributed by atoms with E-state index in [1.807, 2.05) is 4.90 Å². The van der Waals surface area contributed by atoms with Gasteiger partial charge in [-0.1, -0.05) is 12.8 Å². The first-order valence-corrected chi connectivity index (χ1v) is 10.8. The van der Waals surface area contributed by atoms with E-state index in [0.29, 0.717) is 44.9 Å². The van der Waals surface area contributed by atoms with Crippen LogP contribution in [0.5, 0.6) is 0 Å². The number of nitrogens with one attached hydrogen (secondary N) is 1. The number of carbonyl (C=O) groups is 2. The van der Waals surface area contributed by atoms with Crippen molar-refractivity contribution in [2.75, 3.05) is 25.9 Å². The summed E-state index contributed by atoms with van der Waals surface area (Å²) >= 11 is 0. The fourth-order valence-electron chi connectivity index (χ4n) is 4.24. The Balaban J connectivity index is 1.51. The van der Waals surface area contributed by atoms with Crippen molar-refractivity contribution in [1.82, 2.24) is 14.5 Å². The summed E-state index contributed by atoms with van der Waals surface area (Å²) in [6, 6.07) is 0.240. The Hall–Kier alpha value is -1.15. The van der Waals surface area contributed by atoms with E-state index in [1.54, 1.807) is 4.90 Å². The van der Waals surface area contributed by atoms with Crippen LogP contribution in [0.3, 0.4) is 0 Å². The minimum absolute atomic E-state index is 0.0571. The van der Waals surface area contributed by atoms with Crippen molar-refractivity contribution in [1.29, 1.82) is 0 Å². The van der Waals surface area contributed by atoms with Gasteiger partial charge in [0.2, 0.25) is 21.8 Å². The van der Waals surface area contributed by atoms with Crippen LogP contribution < -0.4 is 4.72 Å². The van der Waals surface area contributed by atoms with Gasteiger partial charge in [0.25, 0.3) is 0 Å². The number of likely N-dealkylation sites (tertiary alicyclic amines) is 2. The topological polar surface area (TPSA) is 86.8 Å². The van der Waals surface area contributed by atoms with Crippen molar-refractivity contribution in [3.63, 3.8) is 0 Å². The van der Waals surface area contributed by atoms with Crippen molar-refractivity contribution in [2.24, 2.45) is 5.92 Å². The maximum Gasteiger partial charge on any atom is 0.227 e. The third kappa shape index (κ3) is 4.08. The van der Waals surface area contributed by atoms with E-state index in [4.69, 9.17) is 0 Å². The van der Waals surface area contributed by atoms with Crippen molar-refractivity contribution < 1.29 is 18.0 Å². The van der Waals surface area contributed by atoms with E-state index in [-0.39, 0.29) is 23.8 Å². The first-order valence-electron chi connectivity index (χ1n) is 8.89. The summed E-state index contributed by atoms with van der Waals surface area (Å²) in [6.07, 6.45) is 7.23. The summed E-state index contributed by atoms with van der Waals surface area (Å²) in [6.45, 7) is 1.67. The third-order valence-corrected chi connectivity index (χ3v) is 6.22. The molecule has 0 aromatic heterocycles. The number of amides is 2. The molecule has 2 heterocycles. The van der Waals surface area contributed by atoms with Gasteiger partial charge in [0.1, 0.15) is 0 Å². The molecular formula is C16H27N3O4S. The highest BCUT2D eigenvalue weighted by atomic mass is 32.2. The third-order valence-electron chi connectivity index (χ3n) is 5.46. The van der Waals surface area contributed by atoms with Crippen molar-refractivity contribution in [2.45, 2.75) is 57.0 Å². The van der Waals surface area contributed by atoms with Crippen LogP contribution in [0.15, 0.2) is 0 Å². The summed E-state index contributed by atoms with van der Waals surface area (Å²) in [5.41, 5.74) is 0. The van der Waals surface area contributed by atoms with Gasteiger partial charge < -0.3 is 9.80 Å². The second-order valence-corrected chi connectivity index (χ2v) is 9.16. The molecule has 3 aliphatic rings. The van der Waals surface area contributed by atoms with Gasteiger partial charge in [-0.3, -0.25) is 9.59 Å². The zero-order chi connectivity index (χ0) is 17.3. The molecule has 2 saturated heterocycles. The highest BCUT2D eigenvalue weighted by Gasteiger charge is 2.40. The number of nitrogens with zero attached hydrogens (tertiary/aromatic N) is 2. The zero-order valence-electron chi connectivity index (χ0n) is 14.2. The van der Waals surface area contributed by atoms with Gasteiger partial charge in [-0.05, 0) is 25.7 Å². The fourth-order valence-corrected chi connectivity index (χ4v) is 5.09. The molecule has 24 heavy (non-hydrogen) atoms. The molecule has 0 aromatic carbocycles. The van der Waals surface area contributed by atoms with Gasteiger partial charge in [-0.15, -0.1) is 0 Å². The maximum absolute atomic E-state index is 12.7. The van der Waals surface area contributed by atoms with E-state index < -0.39 is 10.0 Å². The Morgan fingerprint density at radius 3 is 2.33 bits per heavy atom. The summed E-state index contributed by atoms with van der Waals surface area (Å²) < 4.78 is 25.2. The molecule has 2 aliphatic heterocycles. The Morgan fingerprint density at radius 1 is 1.12 bits per heavy atom. The normalized spacial score (nSPS) is 27.2. The summed E-state index contributed by atoms with van der Waals surface area (Å²) in [5.74, 6) is -0.0481. The Bertz CT molecular complexity index is 592. The van der Waals surface area contributed by atoms with Crippen LogP contribution in [0, 0.1) is 5.92 Å². The SMILES string of the molecule is CS(=O)(=O)NC1CCN(C(=O)[C@H]2CC(=O)N(C3CCCC3)C2)CC1. The van der Waals surface area contributed by atoms with Crippen LogP contribution in [0.25, 0.3) is 0 Å². The second kappa shape index (κ2) is 7.00. The largest absolute Gasteiger partial charge is 0.342 e. The number of rotatable bonds is 4. The van der Waals surface area contributed by atoms with Gasteiger partial charge in [0.15, 0.2) is 0 Å². The van der Waals surface area contributed by atoms with Crippen LogP contribution in [0.1, 0.15) is 44.9 Å². The van der Waals surface area contributed by atoms with Crippen LogP contribution in [0.4, 0.5) is 0 Å². The first-order chi connectivity index (χ1) is 11.3. The van der Waals surface area contributed by atoms with E-state index >= 15 is 0 Å². The average Bonchev–Trinajstić information content (AvgIpc) is 3.14. The quantitative estimate of drug-likeness (QED) is 0.785. The Labute approximate surface area is 143 Å². The lowest BCUT2D eigenvalue weighted by molar-refractivity contribution is -0.136.